The first-order valence-electron chi connectivity index (χ1n) is 5.74. The normalized spacial score (nSPS) is 28.1. The molecule has 1 fully saturated rings. The predicted octanol–water partition coefficient (Wildman–Crippen LogP) is 1.96. The summed E-state index contributed by atoms with van der Waals surface area (Å²) in [4.78, 5) is 4.00. The van der Waals surface area contributed by atoms with Crippen molar-refractivity contribution in [3.8, 4) is 0 Å². The largest absolute Gasteiger partial charge is 0.327 e. The molecule has 1 saturated heterocycles. The number of likely N-dealkylation sites (tertiary alicyclic amines) is 1. The van der Waals surface area contributed by atoms with E-state index in [9.17, 15) is 0 Å². The molecule has 2 rings (SSSR count). The highest BCUT2D eigenvalue weighted by Crippen LogP contribution is 2.16. The van der Waals surface area contributed by atoms with Crippen LogP contribution < -0.4 is 5.73 Å². The van der Waals surface area contributed by atoms with Gasteiger partial charge in [-0.05, 0) is 30.2 Å². The van der Waals surface area contributed by atoms with Gasteiger partial charge in [0, 0.05) is 30.6 Å². The van der Waals surface area contributed by atoms with Crippen molar-refractivity contribution in [2.45, 2.75) is 25.8 Å². The zero-order chi connectivity index (χ0) is 10.7. The SMILES string of the molecule is CC1CC(N)CN(CCc2cccs2)C1. The van der Waals surface area contributed by atoms with Gasteiger partial charge in [0.15, 0.2) is 0 Å². The van der Waals surface area contributed by atoms with Crippen LogP contribution >= 0.6 is 11.3 Å². The second kappa shape index (κ2) is 5.10. The van der Waals surface area contributed by atoms with Gasteiger partial charge in [0.2, 0.25) is 0 Å². The molecule has 84 valence electrons. The highest BCUT2D eigenvalue weighted by Gasteiger charge is 2.21. The molecule has 1 aliphatic rings. The van der Waals surface area contributed by atoms with Crippen LogP contribution in [0.3, 0.4) is 0 Å². The van der Waals surface area contributed by atoms with Crippen LogP contribution in [0.1, 0.15) is 18.2 Å². The minimum atomic E-state index is 0.386. The number of hydrogen-bond acceptors (Lipinski definition) is 3. The fourth-order valence-electron chi connectivity index (χ4n) is 2.42. The molecule has 0 aliphatic carbocycles. The molecule has 1 aromatic rings. The van der Waals surface area contributed by atoms with E-state index in [-0.39, 0.29) is 0 Å². The Morgan fingerprint density at radius 3 is 3.07 bits per heavy atom. The maximum atomic E-state index is 6.03. The lowest BCUT2D eigenvalue weighted by atomic mass is 9.96. The van der Waals surface area contributed by atoms with Crippen LogP contribution in [0.5, 0.6) is 0 Å². The van der Waals surface area contributed by atoms with Gasteiger partial charge in [-0.3, -0.25) is 0 Å². The summed E-state index contributed by atoms with van der Waals surface area (Å²) in [5.41, 5.74) is 6.03. The smallest absolute Gasteiger partial charge is 0.0170 e. The maximum Gasteiger partial charge on any atom is 0.0170 e. The number of nitrogens with two attached hydrogens (primary N) is 1. The van der Waals surface area contributed by atoms with Crippen molar-refractivity contribution in [1.29, 1.82) is 0 Å². The lowest BCUT2D eigenvalue weighted by molar-refractivity contribution is 0.167. The molecule has 2 N–H and O–H groups in total. The van der Waals surface area contributed by atoms with Crippen LogP contribution in [0.25, 0.3) is 0 Å². The van der Waals surface area contributed by atoms with Crippen LogP contribution in [-0.4, -0.2) is 30.6 Å². The molecule has 0 radical (unpaired) electrons. The fourth-order valence-corrected chi connectivity index (χ4v) is 3.12. The van der Waals surface area contributed by atoms with Crippen LogP contribution in [-0.2, 0) is 6.42 Å². The Morgan fingerprint density at radius 2 is 2.40 bits per heavy atom. The summed E-state index contributed by atoms with van der Waals surface area (Å²) in [5, 5.41) is 2.15. The number of rotatable bonds is 3. The van der Waals surface area contributed by atoms with Crippen molar-refractivity contribution in [3.05, 3.63) is 22.4 Å². The zero-order valence-corrected chi connectivity index (χ0v) is 10.2. The molecule has 2 nitrogen and oxygen atoms in total. The molecule has 2 heterocycles. The van der Waals surface area contributed by atoms with E-state index >= 15 is 0 Å². The lowest BCUT2D eigenvalue weighted by Gasteiger charge is -2.34. The Hall–Kier alpha value is -0.380. The van der Waals surface area contributed by atoms with Crippen LogP contribution in [0.4, 0.5) is 0 Å². The minimum absolute atomic E-state index is 0.386. The average molecular weight is 224 g/mol. The van der Waals surface area contributed by atoms with Gasteiger partial charge in [-0.1, -0.05) is 13.0 Å². The fraction of sp³-hybridized carbons (Fsp3) is 0.667. The second-order valence-electron chi connectivity index (χ2n) is 4.69. The number of thiophene rings is 1. The Kier molecular flexibility index (Phi) is 3.78. The lowest BCUT2D eigenvalue weighted by Crippen LogP contribution is -2.46. The molecule has 3 heteroatoms. The van der Waals surface area contributed by atoms with E-state index in [0.29, 0.717) is 6.04 Å². The van der Waals surface area contributed by atoms with Crippen LogP contribution in [0.15, 0.2) is 17.5 Å². The van der Waals surface area contributed by atoms with Crippen LogP contribution in [0, 0.1) is 5.92 Å². The summed E-state index contributed by atoms with van der Waals surface area (Å²) in [7, 11) is 0. The summed E-state index contributed by atoms with van der Waals surface area (Å²) >= 11 is 1.86. The molecular formula is C12H20N2S. The molecule has 2 unspecified atom stereocenters. The minimum Gasteiger partial charge on any atom is -0.327 e. The van der Waals surface area contributed by atoms with Gasteiger partial charge >= 0.3 is 0 Å². The Morgan fingerprint density at radius 1 is 1.53 bits per heavy atom. The molecule has 15 heavy (non-hydrogen) atoms. The first-order valence-corrected chi connectivity index (χ1v) is 6.62. The molecule has 0 amide bonds. The van der Waals surface area contributed by atoms with Gasteiger partial charge in [0.1, 0.15) is 0 Å². The van der Waals surface area contributed by atoms with Crippen molar-refractivity contribution in [2.24, 2.45) is 11.7 Å². The standard InChI is InChI=1S/C12H20N2S/c1-10-7-11(13)9-14(8-10)5-4-12-3-2-6-15-12/h2-3,6,10-11H,4-5,7-9,13H2,1H3. The van der Waals surface area contributed by atoms with E-state index < -0.39 is 0 Å². The van der Waals surface area contributed by atoms with Crippen molar-refractivity contribution in [3.63, 3.8) is 0 Å². The van der Waals surface area contributed by atoms with E-state index in [1.807, 2.05) is 11.3 Å². The van der Waals surface area contributed by atoms with E-state index in [4.69, 9.17) is 5.73 Å². The van der Waals surface area contributed by atoms with Crippen molar-refractivity contribution in [2.75, 3.05) is 19.6 Å². The topological polar surface area (TPSA) is 29.3 Å². The zero-order valence-electron chi connectivity index (χ0n) is 9.36. The maximum absolute atomic E-state index is 6.03. The third-order valence-electron chi connectivity index (χ3n) is 3.02. The van der Waals surface area contributed by atoms with Crippen LogP contribution in [0.2, 0.25) is 0 Å². The van der Waals surface area contributed by atoms with Crippen molar-refractivity contribution >= 4 is 11.3 Å². The molecule has 1 aliphatic heterocycles. The van der Waals surface area contributed by atoms with Gasteiger partial charge in [-0.15, -0.1) is 11.3 Å². The average Bonchev–Trinajstić information content (AvgIpc) is 2.65. The monoisotopic (exact) mass is 224 g/mol. The molecule has 0 aromatic carbocycles. The number of nitrogens with zero attached hydrogens (tertiary/aromatic N) is 1. The second-order valence-corrected chi connectivity index (χ2v) is 5.72. The van der Waals surface area contributed by atoms with E-state index in [1.165, 1.54) is 30.8 Å². The van der Waals surface area contributed by atoms with Crippen molar-refractivity contribution < 1.29 is 0 Å². The molecule has 0 saturated carbocycles. The van der Waals surface area contributed by atoms with Gasteiger partial charge in [0.05, 0.1) is 0 Å². The molecule has 2 atom stereocenters. The molecule has 1 aromatic heterocycles. The summed E-state index contributed by atoms with van der Waals surface area (Å²) in [6, 6.07) is 4.74. The van der Waals surface area contributed by atoms with Gasteiger partial charge in [-0.25, -0.2) is 0 Å². The Balaban J connectivity index is 1.79. The van der Waals surface area contributed by atoms with Crippen molar-refractivity contribution in [1.82, 2.24) is 4.90 Å². The Bertz CT molecular complexity index is 274. The quantitative estimate of drug-likeness (QED) is 0.850. The summed E-state index contributed by atoms with van der Waals surface area (Å²) < 4.78 is 0. The third-order valence-corrected chi connectivity index (χ3v) is 3.96. The number of piperidine rings is 1. The first kappa shape index (κ1) is 11.1. The molecule has 0 spiro atoms. The summed E-state index contributed by atoms with van der Waals surface area (Å²) in [6.07, 6.45) is 2.37. The number of hydrogen-bond donors (Lipinski definition) is 1. The van der Waals surface area contributed by atoms with E-state index in [1.54, 1.807) is 0 Å². The first-order chi connectivity index (χ1) is 7.24. The highest BCUT2D eigenvalue weighted by molar-refractivity contribution is 7.09. The summed E-state index contributed by atoms with van der Waals surface area (Å²) in [5.74, 6) is 0.761. The predicted molar refractivity (Wildman–Crippen MR) is 66.2 cm³/mol. The van der Waals surface area contributed by atoms with Gasteiger partial charge < -0.3 is 10.6 Å². The van der Waals surface area contributed by atoms with E-state index in [0.717, 1.165) is 12.5 Å². The summed E-state index contributed by atoms with van der Waals surface area (Å²) in [6.45, 7) is 5.77. The highest BCUT2D eigenvalue weighted by atomic mass is 32.1. The Labute approximate surface area is 96.1 Å². The van der Waals surface area contributed by atoms with Gasteiger partial charge in [0.25, 0.3) is 0 Å². The van der Waals surface area contributed by atoms with E-state index in [2.05, 4.69) is 29.3 Å². The molecular weight excluding hydrogens is 204 g/mol. The third kappa shape index (κ3) is 3.30. The molecule has 0 bridgehead atoms. The van der Waals surface area contributed by atoms with Gasteiger partial charge in [-0.2, -0.15) is 0 Å².